The minimum atomic E-state index is -0.764. The van der Waals surface area contributed by atoms with E-state index in [0.717, 1.165) is 22.5 Å². The number of aromatic nitrogens is 2. The van der Waals surface area contributed by atoms with Crippen LogP contribution in [0, 0.1) is 13.8 Å². The van der Waals surface area contributed by atoms with Gasteiger partial charge in [0.05, 0.1) is 24.5 Å². The summed E-state index contributed by atoms with van der Waals surface area (Å²) in [5.41, 5.74) is 3.43. The topological polar surface area (TPSA) is 85.2 Å². The van der Waals surface area contributed by atoms with E-state index in [9.17, 15) is 9.59 Å². The highest BCUT2D eigenvalue weighted by Crippen LogP contribution is 2.24. The fraction of sp³-hybridized carbons (Fsp3) is 0.227. The lowest BCUT2D eigenvalue weighted by Crippen LogP contribution is -2.37. The van der Waals surface area contributed by atoms with E-state index in [-0.39, 0.29) is 0 Å². The number of amides is 2. The second kappa shape index (κ2) is 8.60. The van der Waals surface area contributed by atoms with Crippen molar-refractivity contribution in [2.24, 2.45) is 0 Å². The Morgan fingerprint density at radius 2 is 1.72 bits per heavy atom. The quantitative estimate of drug-likeness (QED) is 0.653. The summed E-state index contributed by atoms with van der Waals surface area (Å²) in [6.45, 7) is 5.61. The van der Waals surface area contributed by atoms with Gasteiger partial charge in [-0.2, -0.15) is 5.10 Å². The third-order valence-electron chi connectivity index (χ3n) is 4.51. The molecule has 0 fully saturated rings. The molecule has 2 N–H and O–H groups in total. The van der Waals surface area contributed by atoms with Crippen molar-refractivity contribution in [1.29, 1.82) is 0 Å². The van der Waals surface area contributed by atoms with Crippen molar-refractivity contribution in [2.45, 2.75) is 26.8 Å². The molecule has 150 valence electrons. The smallest absolute Gasteiger partial charge is 0.314 e. The predicted octanol–water partition coefficient (Wildman–Crippen LogP) is 3.31. The average Bonchev–Trinajstić information content (AvgIpc) is 3.08. The Morgan fingerprint density at radius 3 is 2.41 bits per heavy atom. The summed E-state index contributed by atoms with van der Waals surface area (Å²) >= 11 is 0. The highest BCUT2D eigenvalue weighted by atomic mass is 16.5. The number of aryl methyl sites for hydroxylation is 2. The van der Waals surface area contributed by atoms with E-state index < -0.39 is 17.9 Å². The number of benzene rings is 2. The van der Waals surface area contributed by atoms with Gasteiger partial charge < -0.3 is 15.4 Å². The highest BCUT2D eigenvalue weighted by Gasteiger charge is 2.21. The summed E-state index contributed by atoms with van der Waals surface area (Å²) in [6.07, 6.45) is 0. The molecule has 0 saturated carbocycles. The zero-order valence-electron chi connectivity index (χ0n) is 16.9. The van der Waals surface area contributed by atoms with Crippen molar-refractivity contribution in [3.8, 4) is 11.4 Å². The summed E-state index contributed by atoms with van der Waals surface area (Å²) in [6, 6.07) is 16.4. The minimum absolute atomic E-state index is 0.395. The molecular formula is C22H24N4O3. The number of ether oxygens (including phenoxy) is 1. The van der Waals surface area contributed by atoms with E-state index in [0.29, 0.717) is 11.6 Å². The lowest BCUT2D eigenvalue weighted by Gasteiger charge is -2.17. The number of hydrogen-bond donors (Lipinski definition) is 2. The lowest BCUT2D eigenvalue weighted by molar-refractivity contribution is -0.136. The Balaban J connectivity index is 1.73. The number of hydrogen-bond acceptors (Lipinski definition) is 4. The molecule has 0 aliphatic carbocycles. The second-order valence-corrected chi connectivity index (χ2v) is 6.81. The average molecular weight is 392 g/mol. The van der Waals surface area contributed by atoms with Crippen LogP contribution in [0.2, 0.25) is 0 Å². The monoisotopic (exact) mass is 392 g/mol. The van der Waals surface area contributed by atoms with E-state index in [1.54, 1.807) is 30.8 Å². The van der Waals surface area contributed by atoms with Crippen molar-refractivity contribution < 1.29 is 14.3 Å². The van der Waals surface area contributed by atoms with Gasteiger partial charge in [-0.3, -0.25) is 9.59 Å². The first kappa shape index (κ1) is 20.1. The maximum Gasteiger partial charge on any atom is 0.314 e. The maximum atomic E-state index is 12.5. The molecule has 0 radical (unpaired) electrons. The zero-order valence-corrected chi connectivity index (χ0v) is 16.9. The highest BCUT2D eigenvalue weighted by molar-refractivity contribution is 6.39. The van der Waals surface area contributed by atoms with E-state index in [4.69, 9.17) is 4.74 Å². The molecule has 1 unspecified atom stereocenters. The summed E-state index contributed by atoms with van der Waals surface area (Å²) < 4.78 is 6.92. The lowest BCUT2D eigenvalue weighted by atomic mass is 10.1. The largest absolute Gasteiger partial charge is 0.496 e. The van der Waals surface area contributed by atoms with Crippen LogP contribution in [0.3, 0.4) is 0 Å². The number of nitrogens with zero attached hydrogens (tertiary/aromatic N) is 2. The summed E-state index contributed by atoms with van der Waals surface area (Å²) in [4.78, 5) is 24.9. The first-order valence-electron chi connectivity index (χ1n) is 9.27. The first-order chi connectivity index (χ1) is 13.9. The van der Waals surface area contributed by atoms with Crippen LogP contribution in [0.1, 0.15) is 29.8 Å². The van der Waals surface area contributed by atoms with Crippen LogP contribution in [0.5, 0.6) is 5.75 Å². The molecule has 1 aromatic heterocycles. The Hall–Kier alpha value is -3.61. The van der Waals surface area contributed by atoms with Crippen LogP contribution in [0.15, 0.2) is 54.6 Å². The first-order valence-corrected chi connectivity index (χ1v) is 9.27. The molecule has 29 heavy (non-hydrogen) atoms. The number of carbonyl (C=O) groups is 2. The third kappa shape index (κ3) is 4.63. The van der Waals surface area contributed by atoms with Crippen molar-refractivity contribution in [3.63, 3.8) is 0 Å². The molecule has 0 aliphatic heterocycles. The van der Waals surface area contributed by atoms with Gasteiger partial charge in [0.25, 0.3) is 0 Å². The molecule has 0 bridgehead atoms. The van der Waals surface area contributed by atoms with Crippen LogP contribution in [-0.2, 0) is 9.59 Å². The van der Waals surface area contributed by atoms with Crippen LogP contribution in [-0.4, -0.2) is 28.7 Å². The van der Waals surface area contributed by atoms with E-state index in [2.05, 4.69) is 15.7 Å². The van der Waals surface area contributed by atoms with Crippen LogP contribution < -0.4 is 15.4 Å². The molecule has 2 amide bonds. The van der Waals surface area contributed by atoms with Gasteiger partial charge in [0.2, 0.25) is 0 Å². The molecule has 1 heterocycles. The van der Waals surface area contributed by atoms with Gasteiger partial charge in [0.1, 0.15) is 11.6 Å². The Labute approximate surface area is 169 Å². The van der Waals surface area contributed by atoms with Gasteiger partial charge in [-0.1, -0.05) is 35.9 Å². The van der Waals surface area contributed by atoms with Gasteiger partial charge in [0, 0.05) is 11.6 Å². The predicted molar refractivity (Wildman–Crippen MR) is 111 cm³/mol. The van der Waals surface area contributed by atoms with Gasteiger partial charge in [-0.05, 0) is 39.0 Å². The van der Waals surface area contributed by atoms with E-state index >= 15 is 0 Å². The summed E-state index contributed by atoms with van der Waals surface area (Å²) in [7, 11) is 1.56. The van der Waals surface area contributed by atoms with Gasteiger partial charge in [-0.15, -0.1) is 0 Å². The number of para-hydroxylation sites is 1. The molecule has 3 aromatic rings. The summed E-state index contributed by atoms with van der Waals surface area (Å²) in [5, 5.41) is 9.76. The second-order valence-electron chi connectivity index (χ2n) is 6.81. The molecule has 7 heteroatoms. The summed E-state index contributed by atoms with van der Waals surface area (Å²) in [5.74, 6) is -0.428. The molecule has 7 nitrogen and oxygen atoms in total. The molecule has 0 saturated heterocycles. The van der Waals surface area contributed by atoms with Crippen molar-refractivity contribution in [1.82, 2.24) is 15.1 Å². The molecule has 0 aliphatic rings. The van der Waals surface area contributed by atoms with Crippen molar-refractivity contribution >= 4 is 17.6 Å². The number of carbonyl (C=O) groups excluding carboxylic acids is 2. The molecule has 2 aromatic carbocycles. The Bertz CT molecular complexity index is 1020. The number of rotatable bonds is 5. The fourth-order valence-corrected chi connectivity index (χ4v) is 3.01. The third-order valence-corrected chi connectivity index (χ3v) is 4.51. The van der Waals surface area contributed by atoms with Crippen LogP contribution in [0.4, 0.5) is 5.82 Å². The van der Waals surface area contributed by atoms with Gasteiger partial charge >= 0.3 is 11.8 Å². The minimum Gasteiger partial charge on any atom is -0.496 e. The number of anilines is 1. The van der Waals surface area contributed by atoms with Crippen LogP contribution >= 0.6 is 0 Å². The normalized spacial score (nSPS) is 11.6. The van der Waals surface area contributed by atoms with Crippen molar-refractivity contribution in [3.05, 3.63) is 71.4 Å². The zero-order chi connectivity index (χ0) is 21.0. The number of nitrogens with one attached hydrogen (secondary N) is 2. The Kier molecular flexibility index (Phi) is 5.97. The number of methoxy groups -OCH3 is 1. The molecule has 3 rings (SSSR count). The van der Waals surface area contributed by atoms with Crippen LogP contribution in [0.25, 0.3) is 5.69 Å². The van der Waals surface area contributed by atoms with E-state index in [1.807, 2.05) is 56.3 Å². The van der Waals surface area contributed by atoms with E-state index in [1.165, 1.54) is 0 Å². The Morgan fingerprint density at radius 1 is 1.03 bits per heavy atom. The standard InChI is InChI=1S/C22H24N4O3/c1-14-9-11-17(12-10-14)26-20(13-15(2)25-26)24-22(28)21(27)23-16(3)18-7-5-6-8-19(18)29-4/h5-13,16H,1-4H3,(H,23,27)(H,24,28). The van der Waals surface area contributed by atoms with Gasteiger partial charge in [0.15, 0.2) is 0 Å². The molecular weight excluding hydrogens is 368 g/mol. The molecule has 0 spiro atoms. The fourth-order valence-electron chi connectivity index (χ4n) is 3.01. The van der Waals surface area contributed by atoms with Crippen molar-refractivity contribution in [2.75, 3.05) is 12.4 Å². The van der Waals surface area contributed by atoms with Gasteiger partial charge in [-0.25, -0.2) is 4.68 Å². The SMILES string of the molecule is COc1ccccc1C(C)NC(=O)C(=O)Nc1cc(C)nn1-c1ccc(C)cc1. The maximum absolute atomic E-state index is 12.5. The molecule has 1 atom stereocenters.